The first-order valence-electron chi connectivity index (χ1n) is 6.04. The van der Waals surface area contributed by atoms with E-state index in [0.717, 1.165) is 16.6 Å². The van der Waals surface area contributed by atoms with Crippen LogP contribution in [0.15, 0.2) is 51.8 Å². The quantitative estimate of drug-likeness (QED) is 0.645. The summed E-state index contributed by atoms with van der Waals surface area (Å²) in [6.45, 7) is -0.0183. The number of nitrogens with two attached hydrogens (primary N) is 1. The van der Waals surface area contributed by atoms with Gasteiger partial charge in [-0.25, -0.2) is 12.8 Å². The number of anilines is 1. The van der Waals surface area contributed by atoms with Gasteiger partial charge in [0.1, 0.15) is 18.2 Å². The summed E-state index contributed by atoms with van der Waals surface area (Å²) in [6, 6.07) is 10.3. The lowest BCUT2D eigenvalue weighted by atomic mass is 10.3. The van der Waals surface area contributed by atoms with Gasteiger partial charge < -0.3 is 10.5 Å². The monoisotopic (exact) mass is 373 g/mol. The number of halogens is 2. The van der Waals surface area contributed by atoms with Crippen molar-refractivity contribution in [2.24, 2.45) is 0 Å². The summed E-state index contributed by atoms with van der Waals surface area (Å²) < 4.78 is 43.4. The molecule has 0 heterocycles. The van der Waals surface area contributed by atoms with Gasteiger partial charge in [-0.3, -0.25) is 0 Å². The second-order valence-corrected chi connectivity index (χ2v) is 7.30. The molecule has 112 valence electrons. The Balaban J connectivity index is 2.05. The molecule has 4 nitrogen and oxygen atoms in total. The third kappa shape index (κ3) is 4.18. The van der Waals surface area contributed by atoms with E-state index in [1.54, 1.807) is 18.2 Å². The van der Waals surface area contributed by atoms with Crippen LogP contribution in [0.4, 0.5) is 10.1 Å². The van der Waals surface area contributed by atoms with E-state index in [2.05, 4.69) is 15.9 Å². The van der Waals surface area contributed by atoms with Crippen molar-refractivity contribution in [3.05, 3.63) is 52.8 Å². The van der Waals surface area contributed by atoms with Crippen molar-refractivity contribution >= 4 is 31.5 Å². The van der Waals surface area contributed by atoms with E-state index in [-0.39, 0.29) is 22.9 Å². The molecule has 0 aromatic heterocycles. The third-order valence-corrected chi connectivity index (χ3v) is 4.96. The van der Waals surface area contributed by atoms with E-state index in [4.69, 9.17) is 10.5 Å². The van der Waals surface area contributed by atoms with Crippen LogP contribution in [0.3, 0.4) is 0 Å². The Morgan fingerprint density at radius 2 is 1.95 bits per heavy atom. The number of ether oxygens (including phenoxy) is 1. The summed E-state index contributed by atoms with van der Waals surface area (Å²) in [6.07, 6.45) is 0. The highest BCUT2D eigenvalue weighted by molar-refractivity contribution is 9.10. The Hall–Kier alpha value is -1.60. The maximum atomic E-state index is 12.9. The van der Waals surface area contributed by atoms with Gasteiger partial charge in [-0.05, 0) is 36.4 Å². The van der Waals surface area contributed by atoms with Gasteiger partial charge in [0.15, 0.2) is 9.84 Å². The van der Waals surface area contributed by atoms with Crippen molar-refractivity contribution in [2.45, 2.75) is 4.90 Å². The number of rotatable bonds is 5. The van der Waals surface area contributed by atoms with E-state index in [0.29, 0.717) is 5.75 Å². The number of nitrogen functional groups attached to an aromatic ring is 1. The molecule has 0 spiro atoms. The molecule has 2 aromatic carbocycles. The van der Waals surface area contributed by atoms with Gasteiger partial charge >= 0.3 is 0 Å². The van der Waals surface area contributed by atoms with Crippen LogP contribution in [-0.2, 0) is 9.84 Å². The minimum absolute atomic E-state index is 0.0183. The van der Waals surface area contributed by atoms with E-state index in [1.807, 2.05) is 6.07 Å². The zero-order valence-electron chi connectivity index (χ0n) is 10.9. The lowest BCUT2D eigenvalue weighted by Crippen LogP contribution is -2.15. The average molecular weight is 374 g/mol. The van der Waals surface area contributed by atoms with Crippen LogP contribution < -0.4 is 10.5 Å². The number of benzene rings is 2. The number of sulfone groups is 1. The van der Waals surface area contributed by atoms with Crippen LogP contribution in [-0.4, -0.2) is 20.8 Å². The van der Waals surface area contributed by atoms with Crippen LogP contribution in [0.5, 0.6) is 5.75 Å². The highest BCUT2D eigenvalue weighted by atomic mass is 79.9. The highest BCUT2D eigenvalue weighted by Crippen LogP contribution is 2.21. The predicted molar refractivity (Wildman–Crippen MR) is 82.5 cm³/mol. The maximum Gasteiger partial charge on any atom is 0.183 e. The summed E-state index contributed by atoms with van der Waals surface area (Å²) in [5.41, 5.74) is 5.44. The van der Waals surface area contributed by atoms with Crippen molar-refractivity contribution in [2.75, 3.05) is 18.1 Å². The molecule has 0 saturated carbocycles. The molecule has 2 rings (SSSR count). The van der Waals surface area contributed by atoms with Crippen LogP contribution in [0, 0.1) is 5.82 Å². The van der Waals surface area contributed by atoms with Gasteiger partial charge in [-0.2, -0.15) is 0 Å². The third-order valence-electron chi connectivity index (χ3n) is 2.72. The molecule has 0 radical (unpaired) electrons. The first-order chi connectivity index (χ1) is 9.88. The highest BCUT2D eigenvalue weighted by Gasteiger charge is 2.18. The van der Waals surface area contributed by atoms with Gasteiger partial charge in [0.25, 0.3) is 0 Å². The second kappa shape index (κ2) is 6.44. The lowest BCUT2D eigenvalue weighted by Gasteiger charge is -2.09. The topological polar surface area (TPSA) is 69.4 Å². The zero-order chi connectivity index (χ0) is 15.5. The van der Waals surface area contributed by atoms with Crippen molar-refractivity contribution in [3.63, 3.8) is 0 Å². The Morgan fingerprint density at radius 1 is 1.19 bits per heavy atom. The summed E-state index contributed by atoms with van der Waals surface area (Å²) in [5, 5.41) is 0. The SMILES string of the molecule is Nc1cc(F)ccc1S(=O)(=O)CCOc1cccc(Br)c1. The van der Waals surface area contributed by atoms with Gasteiger partial charge in [0.2, 0.25) is 0 Å². The van der Waals surface area contributed by atoms with Gasteiger partial charge in [-0.1, -0.05) is 22.0 Å². The first kappa shape index (κ1) is 15.8. The Morgan fingerprint density at radius 3 is 2.62 bits per heavy atom. The summed E-state index contributed by atoms with van der Waals surface area (Å²) in [4.78, 5) is -0.0817. The first-order valence-corrected chi connectivity index (χ1v) is 8.49. The lowest BCUT2D eigenvalue weighted by molar-refractivity contribution is 0.340. The molecule has 2 aromatic rings. The normalized spacial score (nSPS) is 11.3. The molecule has 0 unspecified atom stereocenters. The van der Waals surface area contributed by atoms with Crippen molar-refractivity contribution in [1.82, 2.24) is 0 Å². The average Bonchev–Trinajstić information content (AvgIpc) is 2.38. The molecule has 0 atom stereocenters. The predicted octanol–water partition coefficient (Wildman–Crippen LogP) is 3.02. The Kier molecular flexibility index (Phi) is 4.84. The van der Waals surface area contributed by atoms with E-state index >= 15 is 0 Å². The fourth-order valence-electron chi connectivity index (χ4n) is 1.74. The van der Waals surface area contributed by atoms with Crippen molar-refractivity contribution in [3.8, 4) is 5.75 Å². The van der Waals surface area contributed by atoms with Gasteiger partial charge in [0.05, 0.1) is 16.3 Å². The minimum Gasteiger partial charge on any atom is -0.492 e. The summed E-state index contributed by atoms with van der Waals surface area (Å²) >= 11 is 3.30. The molecule has 7 heteroatoms. The van der Waals surface area contributed by atoms with E-state index in [1.165, 1.54) is 6.07 Å². The molecule has 0 fully saturated rings. The van der Waals surface area contributed by atoms with Crippen LogP contribution in [0.25, 0.3) is 0 Å². The molecular weight excluding hydrogens is 361 g/mol. The Labute approximate surface area is 130 Å². The molecule has 0 saturated heterocycles. The smallest absolute Gasteiger partial charge is 0.183 e. The summed E-state index contributed by atoms with van der Waals surface area (Å²) in [7, 11) is -3.62. The van der Waals surface area contributed by atoms with Gasteiger partial charge in [-0.15, -0.1) is 0 Å². The molecule has 0 aliphatic carbocycles. The van der Waals surface area contributed by atoms with Crippen LogP contribution in [0.2, 0.25) is 0 Å². The van der Waals surface area contributed by atoms with Crippen LogP contribution in [0.1, 0.15) is 0 Å². The summed E-state index contributed by atoms with van der Waals surface area (Å²) in [5.74, 6) is -0.251. The minimum atomic E-state index is -3.62. The molecule has 0 bridgehead atoms. The largest absolute Gasteiger partial charge is 0.492 e. The molecule has 2 N–H and O–H groups in total. The fourth-order valence-corrected chi connectivity index (χ4v) is 3.33. The standard InChI is InChI=1S/C14H13BrFNO3S/c15-10-2-1-3-12(8-10)20-6-7-21(18,19)14-5-4-11(16)9-13(14)17/h1-5,8-9H,6-7,17H2. The molecule has 0 amide bonds. The molecule has 0 aliphatic rings. The van der Waals surface area contributed by atoms with Crippen molar-refractivity contribution in [1.29, 1.82) is 0 Å². The number of hydrogen-bond donors (Lipinski definition) is 1. The maximum absolute atomic E-state index is 12.9. The van der Waals surface area contributed by atoms with Gasteiger partial charge in [0, 0.05) is 4.47 Å². The molecular formula is C14H13BrFNO3S. The Bertz CT molecular complexity index is 750. The van der Waals surface area contributed by atoms with E-state index < -0.39 is 15.7 Å². The van der Waals surface area contributed by atoms with Crippen LogP contribution >= 0.6 is 15.9 Å². The second-order valence-electron chi connectivity index (χ2n) is 4.31. The van der Waals surface area contributed by atoms with Crippen molar-refractivity contribution < 1.29 is 17.5 Å². The zero-order valence-corrected chi connectivity index (χ0v) is 13.3. The number of hydrogen-bond acceptors (Lipinski definition) is 4. The molecule has 21 heavy (non-hydrogen) atoms. The van der Waals surface area contributed by atoms with E-state index in [9.17, 15) is 12.8 Å². The fraction of sp³-hybridized carbons (Fsp3) is 0.143. The molecule has 0 aliphatic heterocycles.